The third-order valence-corrected chi connectivity index (χ3v) is 4.73. The lowest BCUT2D eigenvalue weighted by Crippen LogP contribution is -2.21. The van der Waals surface area contributed by atoms with Crippen molar-refractivity contribution in [2.75, 3.05) is 19.4 Å². The maximum absolute atomic E-state index is 12.1. The van der Waals surface area contributed by atoms with Crippen LogP contribution in [0.2, 0.25) is 5.02 Å². The fourth-order valence-corrected chi connectivity index (χ4v) is 3.08. The largest absolute Gasteiger partial charge is 0.401 e. The number of hydrogen-bond acceptors (Lipinski definition) is 7. The first-order chi connectivity index (χ1) is 14.9. The minimum atomic E-state index is -0.0622. The smallest absolute Gasteiger partial charge is 0.320 e. The molecule has 0 bridgehead atoms. The summed E-state index contributed by atoms with van der Waals surface area (Å²) in [5.41, 5.74) is 3.92. The van der Waals surface area contributed by atoms with E-state index in [1.165, 1.54) is 4.90 Å². The Labute approximate surface area is 183 Å². The second-order valence-corrected chi connectivity index (χ2v) is 7.45. The van der Waals surface area contributed by atoms with Gasteiger partial charge >= 0.3 is 6.01 Å². The SMILES string of the molecule is Cc1ncc(-c2ccc(C(=O)N(C)C)cc2)nc1-c1nnc(Nc2cccc(Cl)c2)o1. The molecule has 4 aromatic rings. The lowest BCUT2D eigenvalue weighted by atomic mass is 10.1. The summed E-state index contributed by atoms with van der Waals surface area (Å²) in [6.07, 6.45) is 1.67. The van der Waals surface area contributed by atoms with Gasteiger partial charge in [-0.25, -0.2) is 4.98 Å². The van der Waals surface area contributed by atoms with Crippen molar-refractivity contribution in [3.8, 4) is 22.8 Å². The molecule has 0 aliphatic carbocycles. The molecule has 0 spiro atoms. The molecule has 2 aromatic carbocycles. The summed E-state index contributed by atoms with van der Waals surface area (Å²) in [7, 11) is 3.43. The highest BCUT2D eigenvalue weighted by atomic mass is 35.5. The van der Waals surface area contributed by atoms with Crippen molar-refractivity contribution in [2.45, 2.75) is 6.92 Å². The van der Waals surface area contributed by atoms with Crippen molar-refractivity contribution in [1.29, 1.82) is 0 Å². The lowest BCUT2D eigenvalue weighted by Gasteiger charge is -2.10. The molecule has 156 valence electrons. The molecule has 0 fully saturated rings. The molecule has 8 nitrogen and oxygen atoms in total. The average molecular weight is 435 g/mol. The van der Waals surface area contributed by atoms with Gasteiger partial charge in [0.1, 0.15) is 5.69 Å². The molecule has 31 heavy (non-hydrogen) atoms. The Balaban J connectivity index is 1.60. The summed E-state index contributed by atoms with van der Waals surface area (Å²) in [5, 5.41) is 11.7. The Morgan fingerprint density at radius 3 is 2.58 bits per heavy atom. The number of halogens is 1. The Kier molecular flexibility index (Phi) is 5.64. The third kappa shape index (κ3) is 4.54. The number of carbonyl (C=O) groups is 1. The van der Waals surface area contributed by atoms with Crippen molar-refractivity contribution in [3.63, 3.8) is 0 Å². The van der Waals surface area contributed by atoms with Crippen molar-refractivity contribution < 1.29 is 9.21 Å². The van der Waals surface area contributed by atoms with Gasteiger partial charge in [0.2, 0.25) is 0 Å². The van der Waals surface area contributed by atoms with Crippen molar-refractivity contribution >= 4 is 29.2 Å². The van der Waals surface area contributed by atoms with Crippen LogP contribution < -0.4 is 5.32 Å². The minimum Gasteiger partial charge on any atom is -0.401 e. The topological polar surface area (TPSA) is 97.0 Å². The summed E-state index contributed by atoms with van der Waals surface area (Å²) < 4.78 is 5.73. The van der Waals surface area contributed by atoms with Crippen LogP contribution in [0.5, 0.6) is 0 Å². The number of nitrogens with zero attached hydrogens (tertiary/aromatic N) is 5. The molecule has 9 heteroatoms. The summed E-state index contributed by atoms with van der Waals surface area (Å²) in [5.74, 6) is 0.184. The highest BCUT2D eigenvalue weighted by Gasteiger charge is 2.16. The zero-order valence-electron chi connectivity index (χ0n) is 17.1. The molecule has 0 saturated heterocycles. The fourth-order valence-electron chi connectivity index (χ4n) is 2.89. The van der Waals surface area contributed by atoms with Crippen molar-refractivity contribution in [3.05, 3.63) is 71.0 Å². The quantitative estimate of drug-likeness (QED) is 0.490. The van der Waals surface area contributed by atoms with Gasteiger partial charge in [-0.15, -0.1) is 5.10 Å². The number of carbonyl (C=O) groups excluding carboxylic acids is 1. The van der Waals surface area contributed by atoms with E-state index < -0.39 is 0 Å². The molecule has 0 unspecified atom stereocenters. The number of amides is 1. The van der Waals surface area contributed by atoms with E-state index in [0.717, 1.165) is 11.3 Å². The van der Waals surface area contributed by atoms with E-state index in [1.54, 1.807) is 44.6 Å². The first-order valence-corrected chi connectivity index (χ1v) is 9.80. The molecule has 1 N–H and O–H groups in total. The maximum Gasteiger partial charge on any atom is 0.320 e. The predicted octanol–water partition coefficient (Wildman–Crippen LogP) is 4.60. The number of hydrogen-bond donors (Lipinski definition) is 1. The predicted molar refractivity (Wildman–Crippen MR) is 118 cm³/mol. The van der Waals surface area contributed by atoms with Gasteiger partial charge < -0.3 is 14.6 Å². The minimum absolute atomic E-state index is 0.0622. The average Bonchev–Trinajstić information content (AvgIpc) is 3.22. The van der Waals surface area contributed by atoms with Gasteiger partial charge in [0.15, 0.2) is 0 Å². The first kappa shape index (κ1) is 20.5. The van der Waals surface area contributed by atoms with Gasteiger partial charge in [-0.2, -0.15) is 0 Å². The van der Waals surface area contributed by atoms with E-state index in [0.29, 0.717) is 27.7 Å². The van der Waals surface area contributed by atoms with Crippen LogP contribution in [0, 0.1) is 6.92 Å². The molecular weight excluding hydrogens is 416 g/mol. The van der Waals surface area contributed by atoms with E-state index in [2.05, 4.69) is 25.5 Å². The van der Waals surface area contributed by atoms with Crippen molar-refractivity contribution in [2.24, 2.45) is 0 Å². The third-order valence-electron chi connectivity index (χ3n) is 4.49. The highest BCUT2D eigenvalue weighted by Crippen LogP contribution is 2.26. The fraction of sp³-hybridized carbons (Fsp3) is 0.136. The van der Waals surface area contributed by atoms with E-state index in [4.69, 9.17) is 16.0 Å². The first-order valence-electron chi connectivity index (χ1n) is 9.43. The van der Waals surface area contributed by atoms with Gasteiger partial charge in [-0.1, -0.05) is 34.9 Å². The molecule has 0 saturated carbocycles. The second-order valence-electron chi connectivity index (χ2n) is 7.01. The molecular formula is C22H19ClN6O2. The molecule has 1 amide bonds. The zero-order chi connectivity index (χ0) is 22.0. The Hall–Kier alpha value is -3.78. The molecule has 0 aliphatic rings. The van der Waals surface area contributed by atoms with E-state index in [-0.39, 0.29) is 17.8 Å². The lowest BCUT2D eigenvalue weighted by molar-refractivity contribution is 0.0827. The van der Waals surface area contributed by atoms with Crippen LogP contribution in [0.15, 0.2) is 59.1 Å². The van der Waals surface area contributed by atoms with Gasteiger partial charge in [0.25, 0.3) is 11.8 Å². The van der Waals surface area contributed by atoms with E-state index >= 15 is 0 Å². The number of aryl methyl sites for hydroxylation is 1. The summed E-state index contributed by atoms with van der Waals surface area (Å²) in [4.78, 5) is 22.7. The number of benzene rings is 2. The van der Waals surface area contributed by atoms with E-state index in [1.807, 2.05) is 31.2 Å². The summed E-state index contributed by atoms with van der Waals surface area (Å²) in [6, 6.07) is 14.6. The molecule has 4 rings (SSSR count). The number of aromatic nitrogens is 4. The Bertz CT molecular complexity index is 1240. The second kappa shape index (κ2) is 8.53. The molecule has 2 aromatic heterocycles. The van der Waals surface area contributed by atoms with Crippen LogP contribution in [0.25, 0.3) is 22.8 Å². The molecule has 0 atom stereocenters. The van der Waals surface area contributed by atoms with Crippen LogP contribution in [0.3, 0.4) is 0 Å². The molecule has 0 radical (unpaired) electrons. The molecule has 2 heterocycles. The summed E-state index contributed by atoms with van der Waals surface area (Å²) in [6.45, 7) is 1.82. The van der Waals surface area contributed by atoms with Crippen LogP contribution in [0.4, 0.5) is 11.7 Å². The van der Waals surface area contributed by atoms with Crippen LogP contribution in [-0.2, 0) is 0 Å². The maximum atomic E-state index is 12.1. The van der Waals surface area contributed by atoms with Gasteiger partial charge in [-0.3, -0.25) is 9.78 Å². The van der Waals surface area contributed by atoms with Crippen LogP contribution in [0.1, 0.15) is 16.1 Å². The van der Waals surface area contributed by atoms with Gasteiger partial charge in [0, 0.05) is 35.9 Å². The normalized spacial score (nSPS) is 10.7. The van der Waals surface area contributed by atoms with Crippen molar-refractivity contribution in [1.82, 2.24) is 25.1 Å². The molecule has 0 aliphatic heterocycles. The summed E-state index contributed by atoms with van der Waals surface area (Å²) >= 11 is 6.01. The van der Waals surface area contributed by atoms with Gasteiger partial charge in [-0.05, 0) is 37.3 Å². The van der Waals surface area contributed by atoms with E-state index in [9.17, 15) is 4.79 Å². The number of rotatable bonds is 5. The van der Waals surface area contributed by atoms with Gasteiger partial charge in [0.05, 0.1) is 17.6 Å². The highest BCUT2D eigenvalue weighted by molar-refractivity contribution is 6.30. The Morgan fingerprint density at radius 1 is 1.10 bits per heavy atom. The van der Waals surface area contributed by atoms with Crippen LogP contribution >= 0.6 is 11.6 Å². The zero-order valence-corrected chi connectivity index (χ0v) is 17.9. The standard InChI is InChI=1S/C22H19ClN6O2/c1-13-19(20-27-28-22(31-20)25-17-6-4-5-16(23)11-17)26-18(12-24-13)14-7-9-15(10-8-14)21(30)29(2)3/h4-12H,1-3H3,(H,25,28). The number of nitrogens with one attached hydrogen (secondary N) is 1. The van der Waals surface area contributed by atoms with Crippen LogP contribution in [-0.4, -0.2) is 45.1 Å². The monoisotopic (exact) mass is 434 g/mol. The Morgan fingerprint density at radius 2 is 1.87 bits per heavy atom. The number of anilines is 2.